The van der Waals surface area contributed by atoms with E-state index in [4.69, 9.17) is 0 Å². The molecular formula is C14H15N3O3S2. The molecule has 6 nitrogen and oxygen atoms in total. The van der Waals surface area contributed by atoms with Gasteiger partial charge in [0, 0.05) is 18.6 Å². The highest BCUT2D eigenvalue weighted by molar-refractivity contribution is 7.89. The molecule has 2 aromatic rings. The molecule has 3 rings (SSSR count). The highest BCUT2D eigenvalue weighted by Crippen LogP contribution is 2.23. The third-order valence-corrected chi connectivity index (χ3v) is 5.85. The fraction of sp³-hybridized carbons (Fsp3) is 0.286. The van der Waals surface area contributed by atoms with Crippen molar-refractivity contribution in [3.05, 3.63) is 46.4 Å². The molecule has 1 aromatic carbocycles. The van der Waals surface area contributed by atoms with E-state index in [9.17, 15) is 13.2 Å². The molecule has 0 aliphatic carbocycles. The van der Waals surface area contributed by atoms with E-state index < -0.39 is 16.1 Å². The van der Waals surface area contributed by atoms with E-state index >= 15 is 0 Å². The summed E-state index contributed by atoms with van der Waals surface area (Å²) in [5, 5.41) is 2.66. The number of carbonyl (C=O) groups excluding carboxylic acids is 1. The molecule has 1 aliphatic rings. The quantitative estimate of drug-likeness (QED) is 0.906. The van der Waals surface area contributed by atoms with Crippen LogP contribution in [0, 0.1) is 0 Å². The van der Waals surface area contributed by atoms with Gasteiger partial charge in [-0.25, -0.2) is 13.4 Å². The SMILES string of the molecule is CN(Cc1nccs1)C(=O)C1Cc2ccccc2S(=O)(=O)N1. The lowest BCUT2D eigenvalue weighted by atomic mass is 10.1. The Kier molecular flexibility index (Phi) is 3.98. The zero-order chi connectivity index (χ0) is 15.7. The van der Waals surface area contributed by atoms with E-state index in [1.54, 1.807) is 37.5 Å². The minimum absolute atomic E-state index is 0.252. The standard InChI is InChI=1S/C14H15N3O3S2/c1-17(9-13-15-6-7-21-13)14(18)11-8-10-4-2-3-5-12(10)22(19,20)16-11/h2-7,11,16H,8-9H2,1H3. The minimum Gasteiger partial charge on any atom is -0.338 e. The van der Waals surface area contributed by atoms with Gasteiger partial charge in [0.05, 0.1) is 11.4 Å². The van der Waals surface area contributed by atoms with Crippen LogP contribution in [0.15, 0.2) is 40.7 Å². The third-order valence-electron chi connectivity index (χ3n) is 3.51. The topological polar surface area (TPSA) is 79.4 Å². The van der Waals surface area contributed by atoms with E-state index in [1.165, 1.54) is 16.2 Å². The second kappa shape index (κ2) is 5.79. The molecule has 0 saturated heterocycles. The maximum atomic E-state index is 12.5. The van der Waals surface area contributed by atoms with Crippen molar-refractivity contribution in [2.75, 3.05) is 7.05 Å². The van der Waals surface area contributed by atoms with E-state index in [-0.39, 0.29) is 10.8 Å². The Morgan fingerprint density at radius 2 is 2.23 bits per heavy atom. The number of sulfonamides is 1. The predicted octanol–water partition coefficient (Wildman–Crippen LogP) is 1.00. The van der Waals surface area contributed by atoms with Crippen LogP contribution in [0.2, 0.25) is 0 Å². The summed E-state index contributed by atoms with van der Waals surface area (Å²) in [7, 11) is -1.99. The molecule has 1 atom stereocenters. The van der Waals surface area contributed by atoms with Gasteiger partial charge in [-0.05, 0) is 18.1 Å². The van der Waals surface area contributed by atoms with Crippen LogP contribution in [-0.2, 0) is 27.8 Å². The fourth-order valence-corrected chi connectivity index (χ4v) is 4.57. The normalized spacial score (nSPS) is 19.4. The number of thiazole rings is 1. The average Bonchev–Trinajstić information content (AvgIpc) is 2.98. The molecule has 1 aliphatic heterocycles. The molecule has 0 spiro atoms. The zero-order valence-corrected chi connectivity index (χ0v) is 13.5. The second-order valence-electron chi connectivity index (χ2n) is 5.11. The van der Waals surface area contributed by atoms with Crippen molar-refractivity contribution in [1.29, 1.82) is 0 Å². The highest BCUT2D eigenvalue weighted by Gasteiger charge is 2.34. The predicted molar refractivity (Wildman–Crippen MR) is 82.8 cm³/mol. The van der Waals surface area contributed by atoms with Crippen molar-refractivity contribution >= 4 is 27.3 Å². The summed E-state index contributed by atoms with van der Waals surface area (Å²) in [6.07, 6.45) is 2.04. The highest BCUT2D eigenvalue weighted by atomic mass is 32.2. The Morgan fingerprint density at radius 3 is 2.95 bits per heavy atom. The van der Waals surface area contributed by atoms with Gasteiger partial charge < -0.3 is 4.90 Å². The van der Waals surface area contributed by atoms with Crippen LogP contribution >= 0.6 is 11.3 Å². The molecular weight excluding hydrogens is 322 g/mol. The van der Waals surface area contributed by atoms with Crippen molar-refractivity contribution in [2.45, 2.75) is 23.9 Å². The third kappa shape index (κ3) is 2.90. The second-order valence-corrected chi connectivity index (χ2v) is 7.77. The number of benzene rings is 1. The van der Waals surface area contributed by atoms with Gasteiger partial charge in [0.2, 0.25) is 15.9 Å². The number of hydrogen-bond acceptors (Lipinski definition) is 5. The zero-order valence-electron chi connectivity index (χ0n) is 11.9. The Morgan fingerprint density at radius 1 is 1.45 bits per heavy atom. The van der Waals surface area contributed by atoms with Gasteiger partial charge in [0.1, 0.15) is 11.0 Å². The molecule has 8 heteroatoms. The lowest BCUT2D eigenvalue weighted by Crippen LogP contribution is -2.50. The first-order chi connectivity index (χ1) is 10.5. The van der Waals surface area contributed by atoms with E-state index in [1.807, 2.05) is 5.38 Å². The number of nitrogens with one attached hydrogen (secondary N) is 1. The van der Waals surface area contributed by atoms with Gasteiger partial charge in [-0.1, -0.05) is 18.2 Å². The first-order valence-corrected chi connectivity index (χ1v) is 9.07. The largest absolute Gasteiger partial charge is 0.338 e. The number of carbonyl (C=O) groups is 1. The Balaban J connectivity index is 1.80. The number of amides is 1. The molecule has 116 valence electrons. The monoisotopic (exact) mass is 337 g/mol. The number of aromatic nitrogens is 1. The molecule has 1 N–H and O–H groups in total. The summed E-state index contributed by atoms with van der Waals surface area (Å²) in [5.41, 5.74) is 0.669. The summed E-state index contributed by atoms with van der Waals surface area (Å²) in [6.45, 7) is 0.371. The number of hydrogen-bond donors (Lipinski definition) is 1. The Bertz CT molecular complexity index is 787. The number of nitrogens with zero attached hydrogens (tertiary/aromatic N) is 2. The van der Waals surface area contributed by atoms with Crippen molar-refractivity contribution in [1.82, 2.24) is 14.6 Å². The number of likely N-dealkylation sites (N-methyl/N-ethyl adjacent to an activating group) is 1. The van der Waals surface area contributed by atoms with Crippen LogP contribution in [0.5, 0.6) is 0 Å². The Hall–Kier alpha value is -1.77. The van der Waals surface area contributed by atoms with E-state index in [0.29, 0.717) is 18.5 Å². The molecule has 1 aromatic heterocycles. The maximum Gasteiger partial charge on any atom is 0.241 e. The summed E-state index contributed by atoms with van der Waals surface area (Å²) in [5.74, 6) is -0.256. The van der Waals surface area contributed by atoms with Crippen LogP contribution in [0.4, 0.5) is 0 Å². The van der Waals surface area contributed by atoms with Gasteiger partial charge in [-0.2, -0.15) is 4.72 Å². The summed E-state index contributed by atoms with van der Waals surface area (Å²) >= 11 is 1.46. The van der Waals surface area contributed by atoms with E-state index in [0.717, 1.165) is 5.01 Å². The number of rotatable bonds is 3. The van der Waals surface area contributed by atoms with E-state index in [2.05, 4.69) is 9.71 Å². The van der Waals surface area contributed by atoms with Gasteiger partial charge in [-0.3, -0.25) is 4.79 Å². The summed E-state index contributed by atoms with van der Waals surface area (Å²) in [6, 6.07) is 5.98. The van der Waals surface area contributed by atoms with Gasteiger partial charge >= 0.3 is 0 Å². The van der Waals surface area contributed by atoms with Crippen LogP contribution < -0.4 is 4.72 Å². The maximum absolute atomic E-state index is 12.5. The minimum atomic E-state index is -3.64. The molecule has 0 radical (unpaired) electrons. The van der Waals surface area contributed by atoms with Gasteiger partial charge in [-0.15, -0.1) is 11.3 Å². The summed E-state index contributed by atoms with van der Waals surface area (Å²) < 4.78 is 26.9. The summed E-state index contributed by atoms with van der Waals surface area (Å²) in [4.78, 5) is 18.4. The van der Waals surface area contributed by atoms with Gasteiger partial charge in [0.25, 0.3) is 0 Å². The van der Waals surface area contributed by atoms with Crippen LogP contribution in [0.1, 0.15) is 10.6 Å². The van der Waals surface area contributed by atoms with Crippen molar-refractivity contribution < 1.29 is 13.2 Å². The lowest BCUT2D eigenvalue weighted by molar-refractivity contribution is -0.132. The van der Waals surface area contributed by atoms with Crippen LogP contribution in [0.3, 0.4) is 0 Å². The average molecular weight is 337 g/mol. The molecule has 0 fully saturated rings. The fourth-order valence-electron chi connectivity index (χ4n) is 2.46. The number of fused-ring (bicyclic) bond motifs is 1. The van der Waals surface area contributed by atoms with Gasteiger partial charge in [0.15, 0.2) is 0 Å². The first kappa shape index (κ1) is 15.1. The molecule has 22 heavy (non-hydrogen) atoms. The van der Waals surface area contributed by atoms with Crippen LogP contribution in [-0.4, -0.2) is 37.3 Å². The lowest BCUT2D eigenvalue weighted by Gasteiger charge is -2.28. The van der Waals surface area contributed by atoms with Crippen LogP contribution in [0.25, 0.3) is 0 Å². The molecule has 1 amide bonds. The molecule has 0 saturated carbocycles. The first-order valence-electron chi connectivity index (χ1n) is 6.71. The Labute approximate surface area is 132 Å². The molecule has 1 unspecified atom stereocenters. The molecule has 0 bridgehead atoms. The van der Waals surface area contributed by atoms with Crippen molar-refractivity contribution in [3.8, 4) is 0 Å². The van der Waals surface area contributed by atoms with Crippen molar-refractivity contribution in [2.24, 2.45) is 0 Å². The smallest absolute Gasteiger partial charge is 0.241 e. The van der Waals surface area contributed by atoms with Crippen molar-refractivity contribution in [3.63, 3.8) is 0 Å². The molecule has 2 heterocycles.